The molecule has 0 bridgehead atoms. The lowest BCUT2D eigenvalue weighted by molar-refractivity contribution is 0.0699. The van der Waals surface area contributed by atoms with Crippen LogP contribution in [0.2, 0.25) is 0 Å². The average molecular weight is 438 g/mol. The van der Waals surface area contributed by atoms with E-state index in [1.165, 1.54) is 5.56 Å². The quantitative estimate of drug-likeness (QED) is 0.487. The Morgan fingerprint density at radius 1 is 1.09 bits per heavy atom. The van der Waals surface area contributed by atoms with Crippen molar-refractivity contribution in [1.29, 1.82) is 0 Å². The van der Waals surface area contributed by atoms with Crippen LogP contribution < -0.4 is 0 Å². The van der Waals surface area contributed by atoms with Crippen molar-refractivity contribution in [2.45, 2.75) is 32.1 Å². The third-order valence-electron chi connectivity index (χ3n) is 6.23. The van der Waals surface area contributed by atoms with E-state index in [0.717, 1.165) is 54.1 Å². The number of nitrogens with zero attached hydrogens (tertiary/aromatic N) is 4. The number of aromatic amines is 1. The highest BCUT2D eigenvalue weighted by atomic mass is 16.2. The highest BCUT2D eigenvalue weighted by molar-refractivity contribution is 5.93. The van der Waals surface area contributed by atoms with E-state index in [1.807, 2.05) is 60.5 Å². The van der Waals surface area contributed by atoms with E-state index >= 15 is 0 Å². The Hall–Kier alpha value is -3.80. The Bertz CT molecular complexity index is 1240. The molecule has 1 amide bonds. The van der Waals surface area contributed by atoms with Crippen molar-refractivity contribution in [3.05, 3.63) is 101 Å². The van der Waals surface area contributed by atoms with Gasteiger partial charge in [-0.25, -0.2) is 9.97 Å². The number of hydrogen-bond donors (Lipinski definition) is 1. The summed E-state index contributed by atoms with van der Waals surface area (Å²) >= 11 is 0. The van der Waals surface area contributed by atoms with Gasteiger partial charge in [0, 0.05) is 37.2 Å². The maximum Gasteiger partial charge on any atom is 0.271 e. The topological polar surface area (TPSA) is 74.8 Å². The second-order valence-corrected chi connectivity index (χ2v) is 8.61. The molecule has 5 rings (SSSR count). The molecule has 2 aromatic carbocycles. The Morgan fingerprint density at radius 3 is 2.64 bits per heavy atom. The first-order valence-electron chi connectivity index (χ1n) is 11.4. The Labute approximate surface area is 193 Å². The van der Waals surface area contributed by atoms with Gasteiger partial charge in [0.2, 0.25) is 0 Å². The molecule has 3 heterocycles. The molecule has 0 saturated carbocycles. The molecule has 0 aliphatic carbocycles. The van der Waals surface area contributed by atoms with Gasteiger partial charge < -0.3 is 4.90 Å². The molecular weight excluding hydrogens is 410 g/mol. The fraction of sp³-hybridized carbons (Fsp3) is 0.259. The lowest BCUT2D eigenvalue weighted by atomic mass is 9.90. The van der Waals surface area contributed by atoms with Crippen LogP contribution in [0.4, 0.5) is 0 Å². The summed E-state index contributed by atoms with van der Waals surface area (Å²) in [7, 11) is 0. The number of amides is 1. The second kappa shape index (κ2) is 9.36. The number of piperidine rings is 1. The molecule has 1 N–H and O–H groups in total. The van der Waals surface area contributed by atoms with Gasteiger partial charge in [-0.15, -0.1) is 0 Å². The third-order valence-corrected chi connectivity index (χ3v) is 6.23. The average Bonchev–Trinajstić information content (AvgIpc) is 3.36. The number of carbonyl (C=O) groups is 1. The van der Waals surface area contributed by atoms with E-state index in [2.05, 4.69) is 39.4 Å². The van der Waals surface area contributed by atoms with Crippen molar-refractivity contribution in [3.8, 4) is 11.3 Å². The fourth-order valence-electron chi connectivity index (χ4n) is 4.56. The number of likely N-dealkylation sites (tertiary alicyclic amines) is 1. The molecule has 0 radical (unpaired) electrons. The van der Waals surface area contributed by atoms with E-state index in [1.54, 1.807) is 0 Å². The molecule has 33 heavy (non-hydrogen) atoms. The highest BCUT2D eigenvalue weighted by Gasteiger charge is 2.29. The molecule has 1 atom stereocenters. The fourth-order valence-corrected chi connectivity index (χ4v) is 4.56. The molecule has 1 aliphatic rings. The molecule has 2 aromatic heterocycles. The molecular formula is C27H27N5O. The van der Waals surface area contributed by atoms with Crippen LogP contribution in [-0.4, -0.2) is 44.1 Å². The van der Waals surface area contributed by atoms with Gasteiger partial charge in [-0.2, -0.15) is 5.10 Å². The number of aromatic nitrogens is 4. The van der Waals surface area contributed by atoms with Crippen LogP contribution in [0.1, 0.15) is 51.9 Å². The summed E-state index contributed by atoms with van der Waals surface area (Å²) in [5.74, 6) is 0.954. The third kappa shape index (κ3) is 4.70. The van der Waals surface area contributed by atoms with Gasteiger partial charge in [-0.3, -0.25) is 9.89 Å². The maximum atomic E-state index is 13.3. The van der Waals surface area contributed by atoms with Crippen LogP contribution >= 0.6 is 0 Å². The van der Waals surface area contributed by atoms with Gasteiger partial charge in [-0.1, -0.05) is 60.7 Å². The molecule has 0 spiro atoms. The first-order chi connectivity index (χ1) is 16.2. The minimum absolute atomic E-state index is 0.00947. The monoisotopic (exact) mass is 437 g/mol. The van der Waals surface area contributed by atoms with Crippen molar-refractivity contribution < 1.29 is 4.79 Å². The normalized spacial score (nSPS) is 16.0. The van der Waals surface area contributed by atoms with Crippen LogP contribution in [0.5, 0.6) is 0 Å². The van der Waals surface area contributed by atoms with E-state index < -0.39 is 0 Å². The number of nitrogens with one attached hydrogen (secondary N) is 1. The number of hydrogen-bond acceptors (Lipinski definition) is 4. The minimum atomic E-state index is -0.00947. The lowest BCUT2D eigenvalue weighted by Crippen LogP contribution is -2.39. The van der Waals surface area contributed by atoms with Crippen LogP contribution in [0.15, 0.2) is 72.9 Å². The predicted molar refractivity (Wildman–Crippen MR) is 128 cm³/mol. The summed E-state index contributed by atoms with van der Waals surface area (Å²) in [6.45, 7) is 3.32. The zero-order valence-corrected chi connectivity index (χ0v) is 18.7. The van der Waals surface area contributed by atoms with E-state index in [-0.39, 0.29) is 11.8 Å². The van der Waals surface area contributed by atoms with Crippen LogP contribution in [0.25, 0.3) is 11.3 Å². The summed E-state index contributed by atoms with van der Waals surface area (Å²) in [4.78, 5) is 24.5. The molecule has 1 saturated heterocycles. The number of aryl methyl sites for hydroxylation is 1. The van der Waals surface area contributed by atoms with Crippen LogP contribution in [0.3, 0.4) is 0 Å². The van der Waals surface area contributed by atoms with Gasteiger partial charge in [0.15, 0.2) is 0 Å². The first kappa shape index (κ1) is 21.1. The number of benzene rings is 2. The smallest absolute Gasteiger partial charge is 0.271 e. The van der Waals surface area contributed by atoms with Crippen molar-refractivity contribution in [2.24, 2.45) is 0 Å². The number of carbonyl (C=O) groups excluding carboxylic acids is 1. The van der Waals surface area contributed by atoms with Gasteiger partial charge in [0.05, 0.1) is 11.4 Å². The van der Waals surface area contributed by atoms with E-state index in [9.17, 15) is 4.79 Å². The van der Waals surface area contributed by atoms with Gasteiger partial charge >= 0.3 is 0 Å². The first-order valence-corrected chi connectivity index (χ1v) is 11.4. The summed E-state index contributed by atoms with van der Waals surface area (Å²) in [5, 5.41) is 7.30. The summed E-state index contributed by atoms with van der Waals surface area (Å²) < 4.78 is 0. The van der Waals surface area contributed by atoms with Crippen LogP contribution in [0, 0.1) is 6.92 Å². The largest absolute Gasteiger partial charge is 0.337 e. The summed E-state index contributed by atoms with van der Waals surface area (Å²) in [5.41, 5.74) is 5.74. The van der Waals surface area contributed by atoms with Crippen molar-refractivity contribution in [3.63, 3.8) is 0 Å². The van der Waals surface area contributed by atoms with Gasteiger partial charge in [-0.05, 0) is 37.0 Å². The van der Waals surface area contributed by atoms with Crippen molar-refractivity contribution in [1.82, 2.24) is 25.1 Å². The Morgan fingerprint density at radius 2 is 1.85 bits per heavy atom. The van der Waals surface area contributed by atoms with Crippen molar-refractivity contribution in [2.75, 3.05) is 13.1 Å². The van der Waals surface area contributed by atoms with Crippen molar-refractivity contribution >= 4 is 5.91 Å². The summed E-state index contributed by atoms with van der Waals surface area (Å²) in [6.07, 6.45) is 4.71. The van der Waals surface area contributed by atoms with Crippen LogP contribution in [-0.2, 0) is 6.42 Å². The SMILES string of the molecule is Cc1ncc(Cc2ccccc2)c(C2CCCN(C(=O)c3cc(-c4ccccc4)n[nH]3)C2)n1. The molecule has 1 fully saturated rings. The van der Waals surface area contributed by atoms with Gasteiger partial charge in [0.25, 0.3) is 5.91 Å². The lowest BCUT2D eigenvalue weighted by Gasteiger charge is -2.33. The number of rotatable bonds is 5. The van der Waals surface area contributed by atoms with E-state index in [4.69, 9.17) is 4.98 Å². The molecule has 1 aliphatic heterocycles. The molecule has 6 nitrogen and oxygen atoms in total. The Kier molecular flexibility index (Phi) is 5.98. The zero-order valence-electron chi connectivity index (χ0n) is 18.7. The number of H-pyrrole nitrogens is 1. The zero-order chi connectivity index (χ0) is 22.6. The molecule has 6 heteroatoms. The van der Waals surface area contributed by atoms with Gasteiger partial charge in [0.1, 0.15) is 11.5 Å². The summed E-state index contributed by atoms with van der Waals surface area (Å²) in [6, 6.07) is 22.1. The molecule has 4 aromatic rings. The minimum Gasteiger partial charge on any atom is -0.337 e. The highest BCUT2D eigenvalue weighted by Crippen LogP contribution is 2.30. The standard InChI is InChI=1S/C27H27N5O/c1-19-28-17-23(15-20-9-4-2-5-10-20)26(29-19)22-13-8-14-32(18-22)27(33)25-16-24(30-31-25)21-11-6-3-7-12-21/h2-7,9-12,16-17,22H,8,13-15,18H2,1H3,(H,30,31). The molecule has 1 unspecified atom stereocenters. The van der Waals surface area contributed by atoms with E-state index in [0.29, 0.717) is 12.2 Å². The second-order valence-electron chi connectivity index (χ2n) is 8.61. The molecule has 166 valence electrons. The maximum absolute atomic E-state index is 13.3. The predicted octanol–water partition coefficient (Wildman–Crippen LogP) is 4.79. The Balaban J connectivity index is 1.36.